The van der Waals surface area contributed by atoms with Crippen molar-refractivity contribution in [1.29, 1.82) is 0 Å². The molecule has 1 amide bonds. The summed E-state index contributed by atoms with van der Waals surface area (Å²) in [5.74, 6) is -1.17. The molecule has 0 aromatic heterocycles. The molecule has 1 saturated carbocycles. The summed E-state index contributed by atoms with van der Waals surface area (Å²) in [7, 11) is 0. The molecule has 1 aliphatic carbocycles. The van der Waals surface area contributed by atoms with Gasteiger partial charge in [0.25, 0.3) is 0 Å². The first kappa shape index (κ1) is 22.3. The number of carbonyl (C=O) groups excluding carboxylic acids is 1. The van der Waals surface area contributed by atoms with Gasteiger partial charge in [0.05, 0.1) is 12.7 Å². The molecular weight excluding hydrogens is 393 g/mol. The summed E-state index contributed by atoms with van der Waals surface area (Å²) in [6, 6.07) is 0. The lowest BCUT2D eigenvalue weighted by atomic mass is 9.78. The van der Waals surface area contributed by atoms with Crippen LogP contribution in [0, 0.1) is 17.8 Å². The van der Waals surface area contributed by atoms with Crippen LogP contribution in [0.3, 0.4) is 0 Å². The SMILES string of the molecule is O=C(O)C(F)(F)F.O=C([C@@H]1CCO[C@@H]2CCN(CC3CC3)C[C@@H]21)N1CCCCO1. The van der Waals surface area contributed by atoms with Crippen molar-refractivity contribution in [2.24, 2.45) is 17.8 Å². The zero-order valence-electron chi connectivity index (χ0n) is 16.4. The Hall–Kier alpha value is -1.39. The number of halogens is 3. The van der Waals surface area contributed by atoms with Crippen LogP contribution in [0.1, 0.15) is 38.5 Å². The van der Waals surface area contributed by atoms with Crippen molar-refractivity contribution in [2.45, 2.75) is 50.8 Å². The molecule has 0 aromatic carbocycles. The summed E-state index contributed by atoms with van der Waals surface area (Å²) < 4.78 is 37.7. The first-order chi connectivity index (χ1) is 13.8. The number of ether oxygens (including phenoxy) is 1. The van der Waals surface area contributed by atoms with Gasteiger partial charge in [0.1, 0.15) is 0 Å². The molecule has 3 saturated heterocycles. The van der Waals surface area contributed by atoms with E-state index in [2.05, 4.69) is 4.90 Å². The number of carbonyl (C=O) groups is 2. The molecule has 29 heavy (non-hydrogen) atoms. The fourth-order valence-corrected chi connectivity index (χ4v) is 4.28. The van der Waals surface area contributed by atoms with Crippen molar-refractivity contribution in [3.63, 3.8) is 0 Å². The number of nitrogens with zero attached hydrogens (tertiary/aromatic N) is 2. The van der Waals surface area contributed by atoms with Crippen molar-refractivity contribution in [3.8, 4) is 0 Å². The highest BCUT2D eigenvalue weighted by atomic mass is 19.4. The molecule has 0 aromatic rings. The molecule has 4 fully saturated rings. The number of aliphatic carboxylic acids is 1. The van der Waals surface area contributed by atoms with Crippen molar-refractivity contribution in [1.82, 2.24) is 9.96 Å². The predicted octanol–water partition coefficient (Wildman–Crippen LogP) is 2.31. The zero-order chi connectivity index (χ0) is 21.0. The molecule has 4 rings (SSSR count). The molecule has 0 unspecified atom stereocenters. The fraction of sp³-hybridized carbons (Fsp3) is 0.895. The Bertz CT molecular complexity index is 579. The number of likely N-dealkylation sites (tertiary alicyclic amines) is 1. The molecule has 3 heterocycles. The number of alkyl halides is 3. The monoisotopic (exact) mass is 422 g/mol. The highest BCUT2D eigenvalue weighted by Gasteiger charge is 2.44. The first-order valence-corrected chi connectivity index (χ1v) is 10.3. The Balaban J connectivity index is 0.000000298. The maximum Gasteiger partial charge on any atom is 0.490 e. The zero-order valence-corrected chi connectivity index (χ0v) is 16.4. The number of carboxylic acid groups (broad SMARTS) is 1. The standard InChI is InChI=1S/C17H28N2O3.C2HF3O2/c20-17(19-7-1-2-9-22-19)14-6-10-21-16-5-8-18(12-15(14)16)11-13-3-4-13;3-2(4,5)1(6)7/h13-16H,1-12H2;(H,6,7)/t14-,15-,16-;/m1./s1. The van der Waals surface area contributed by atoms with Crippen LogP contribution in [-0.2, 0) is 19.2 Å². The number of carboxylic acids is 1. The second-order valence-corrected chi connectivity index (χ2v) is 8.24. The first-order valence-electron chi connectivity index (χ1n) is 10.3. The molecule has 10 heteroatoms. The van der Waals surface area contributed by atoms with Gasteiger partial charge < -0.3 is 14.7 Å². The van der Waals surface area contributed by atoms with E-state index >= 15 is 0 Å². The van der Waals surface area contributed by atoms with E-state index in [4.69, 9.17) is 19.5 Å². The average Bonchev–Trinajstić information content (AvgIpc) is 3.51. The number of rotatable bonds is 3. The van der Waals surface area contributed by atoms with Crippen molar-refractivity contribution in [2.75, 3.05) is 39.4 Å². The normalized spacial score (nSPS) is 30.7. The number of hydrogen-bond donors (Lipinski definition) is 1. The summed E-state index contributed by atoms with van der Waals surface area (Å²) in [5.41, 5.74) is 0. The van der Waals surface area contributed by atoms with Crippen LogP contribution in [0.5, 0.6) is 0 Å². The second kappa shape index (κ2) is 9.61. The van der Waals surface area contributed by atoms with Crippen molar-refractivity contribution < 1.29 is 37.4 Å². The van der Waals surface area contributed by atoms with Crippen LogP contribution >= 0.6 is 0 Å². The quantitative estimate of drug-likeness (QED) is 0.752. The molecule has 0 spiro atoms. The number of amides is 1. The van der Waals surface area contributed by atoms with Crippen LogP contribution in [0.25, 0.3) is 0 Å². The Morgan fingerprint density at radius 2 is 1.76 bits per heavy atom. The van der Waals surface area contributed by atoms with Crippen LogP contribution in [0.2, 0.25) is 0 Å². The van der Waals surface area contributed by atoms with Crippen LogP contribution in [0.4, 0.5) is 13.2 Å². The third-order valence-corrected chi connectivity index (χ3v) is 5.98. The number of piperidine rings is 1. The Labute approximate surface area is 168 Å². The minimum Gasteiger partial charge on any atom is -0.475 e. The summed E-state index contributed by atoms with van der Waals surface area (Å²) in [4.78, 5) is 29.9. The van der Waals surface area contributed by atoms with E-state index in [-0.39, 0.29) is 17.9 Å². The highest BCUT2D eigenvalue weighted by Crippen LogP contribution is 2.37. The predicted molar refractivity (Wildman–Crippen MR) is 95.7 cm³/mol. The highest BCUT2D eigenvalue weighted by molar-refractivity contribution is 5.78. The van der Waals surface area contributed by atoms with E-state index in [1.807, 2.05) is 0 Å². The van der Waals surface area contributed by atoms with E-state index < -0.39 is 12.1 Å². The van der Waals surface area contributed by atoms with Gasteiger partial charge in [-0.1, -0.05) is 0 Å². The molecule has 0 bridgehead atoms. The molecule has 1 N–H and O–H groups in total. The molecule has 166 valence electrons. The van der Waals surface area contributed by atoms with Gasteiger partial charge in [-0.15, -0.1) is 0 Å². The average molecular weight is 422 g/mol. The lowest BCUT2D eigenvalue weighted by molar-refractivity contribution is -0.209. The van der Waals surface area contributed by atoms with E-state index in [1.165, 1.54) is 19.4 Å². The topological polar surface area (TPSA) is 79.3 Å². The third kappa shape index (κ3) is 6.29. The summed E-state index contributed by atoms with van der Waals surface area (Å²) in [6.45, 7) is 5.58. The Morgan fingerprint density at radius 1 is 1.03 bits per heavy atom. The van der Waals surface area contributed by atoms with Crippen molar-refractivity contribution in [3.05, 3.63) is 0 Å². The fourth-order valence-electron chi connectivity index (χ4n) is 4.28. The smallest absolute Gasteiger partial charge is 0.475 e. The van der Waals surface area contributed by atoms with Crippen LogP contribution < -0.4 is 0 Å². The maximum absolute atomic E-state index is 12.9. The van der Waals surface area contributed by atoms with Gasteiger partial charge in [0.2, 0.25) is 5.91 Å². The Kier molecular flexibility index (Phi) is 7.39. The van der Waals surface area contributed by atoms with Crippen LogP contribution in [0.15, 0.2) is 0 Å². The molecule has 0 radical (unpaired) electrons. The van der Waals surface area contributed by atoms with Crippen molar-refractivity contribution >= 4 is 11.9 Å². The minimum absolute atomic E-state index is 0.0962. The van der Waals surface area contributed by atoms with E-state index in [0.717, 1.165) is 57.8 Å². The summed E-state index contributed by atoms with van der Waals surface area (Å²) in [6.07, 6.45) is 2.06. The lowest BCUT2D eigenvalue weighted by Gasteiger charge is -2.45. The van der Waals surface area contributed by atoms with E-state index in [1.54, 1.807) is 5.06 Å². The van der Waals surface area contributed by atoms with Gasteiger partial charge >= 0.3 is 12.1 Å². The van der Waals surface area contributed by atoms with Crippen LogP contribution in [-0.4, -0.2) is 78.6 Å². The molecule has 7 nitrogen and oxygen atoms in total. The van der Waals surface area contributed by atoms with Gasteiger partial charge in [-0.2, -0.15) is 13.2 Å². The second-order valence-electron chi connectivity index (χ2n) is 8.24. The van der Waals surface area contributed by atoms with Gasteiger partial charge in [0, 0.05) is 44.6 Å². The molecular formula is C19H29F3N2O5. The van der Waals surface area contributed by atoms with Gasteiger partial charge in [0.15, 0.2) is 0 Å². The lowest BCUT2D eigenvalue weighted by Crippen LogP contribution is -2.54. The van der Waals surface area contributed by atoms with Gasteiger partial charge in [-0.3, -0.25) is 9.63 Å². The van der Waals surface area contributed by atoms with Gasteiger partial charge in [-0.25, -0.2) is 9.86 Å². The van der Waals surface area contributed by atoms with Gasteiger partial charge in [-0.05, 0) is 44.4 Å². The maximum atomic E-state index is 12.9. The number of hydrogen-bond acceptors (Lipinski definition) is 5. The number of fused-ring (bicyclic) bond motifs is 1. The van der Waals surface area contributed by atoms with E-state index in [9.17, 15) is 18.0 Å². The third-order valence-electron chi connectivity index (χ3n) is 5.98. The number of hydroxylamine groups is 2. The minimum atomic E-state index is -5.08. The molecule has 3 atom stereocenters. The molecule has 3 aliphatic heterocycles. The summed E-state index contributed by atoms with van der Waals surface area (Å²) in [5, 5.41) is 8.77. The molecule has 4 aliphatic rings. The van der Waals surface area contributed by atoms with E-state index in [0.29, 0.717) is 12.5 Å². The Morgan fingerprint density at radius 3 is 2.34 bits per heavy atom. The largest absolute Gasteiger partial charge is 0.490 e. The summed E-state index contributed by atoms with van der Waals surface area (Å²) >= 11 is 0.